The highest BCUT2D eigenvalue weighted by Crippen LogP contribution is 2.33. The number of piperidine rings is 2. The van der Waals surface area contributed by atoms with Crippen LogP contribution in [0.1, 0.15) is 45.2 Å². The molecule has 2 saturated heterocycles. The van der Waals surface area contributed by atoms with Gasteiger partial charge in [0, 0.05) is 31.7 Å². The van der Waals surface area contributed by atoms with E-state index in [0.29, 0.717) is 42.3 Å². The van der Waals surface area contributed by atoms with Gasteiger partial charge in [-0.25, -0.2) is 8.42 Å². The Morgan fingerprint density at radius 2 is 1.70 bits per heavy atom. The van der Waals surface area contributed by atoms with Gasteiger partial charge >= 0.3 is 0 Å². The molecule has 0 radical (unpaired) electrons. The van der Waals surface area contributed by atoms with Crippen molar-refractivity contribution in [2.45, 2.75) is 44.4 Å². The van der Waals surface area contributed by atoms with Crippen LogP contribution >= 0.6 is 0 Å². The van der Waals surface area contributed by atoms with E-state index in [1.165, 1.54) is 0 Å². The van der Waals surface area contributed by atoms with Crippen LogP contribution < -0.4 is 4.90 Å². The van der Waals surface area contributed by atoms with Gasteiger partial charge in [0.1, 0.15) is 6.07 Å². The topological polar surface area (TPSA) is 90.4 Å². The molecule has 0 unspecified atom stereocenters. The summed E-state index contributed by atoms with van der Waals surface area (Å²) in [6.07, 6.45) is 4.04. The molecule has 0 bridgehead atoms. The lowest BCUT2D eigenvalue weighted by Crippen LogP contribution is -2.38. The van der Waals surface area contributed by atoms with Gasteiger partial charge in [0.25, 0.3) is 0 Å². The lowest BCUT2D eigenvalue weighted by molar-refractivity contribution is 0.344. The molecule has 2 aliphatic heterocycles. The maximum Gasteiger partial charge on any atom is 0.243 e. The van der Waals surface area contributed by atoms with Gasteiger partial charge in [-0.3, -0.25) is 0 Å². The van der Waals surface area contributed by atoms with E-state index < -0.39 is 10.0 Å². The van der Waals surface area contributed by atoms with E-state index in [4.69, 9.17) is 4.42 Å². The van der Waals surface area contributed by atoms with Crippen LogP contribution in [0.3, 0.4) is 0 Å². The normalized spacial score (nSPS) is 23.3. The van der Waals surface area contributed by atoms with Crippen LogP contribution in [0.25, 0.3) is 11.5 Å². The number of nitrogens with zero attached hydrogens (tertiary/aromatic N) is 4. The Morgan fingerprint density at radius 1 is 1.07 bits per heavy atom. The first kappa shape index (κ1) is 20.9. The van der Waals surface area contributed by atoms with Crippen molar-refractivity contribution in [3.05, 3.63) is 30.0 Å². The predicted octanol–water partition coefficient (Wildman–Crippen LogP) is 3.87. The minimum atomic E-state index is -3.48. The second kappa shape index (κ2) is 8.40. The minimum absolute atomic E-state index is 0.274. The lowest BCUT2D eigenvalue weighted by Gasteiger charge is -2.34. The molecule has 0 spiro atoms. The van der Waals surface area contributed by atoms with Crippen LogP contribution in [0, 0.1) is 23.2 Å². The van der Waals surface area contributed by atoms with Gasteiger partial charge in [-0.1, -0.05) is 20.3 Å². The van der Waals surface area contributed by atoms with Crippen molar-refractivity contribution in [2.24, 2.45) is 11.8 Å². The Kier molecular flexibility index (Phi) is 5.85. The summed E-state index contributed by atoms with van der Waals surface area (Å²) in [7, 11) is -3.48. The molecule has 1 aromatic carbocycles. The number of sulfonamides is 1. The molecule has 7 nitrogen and oxygen atoms in total. The molecule has 0 saturated carbocycles. The number of hydrogen-bond acceptors (Lipinski definition) is 6. The van der Waals surface area contributed by atoms with E-state index in [9.17, 15) is 13.7 Å². The zero-order chi connectivity index (χ0) is 21.3. The van der Waals surface area contributed by atoms with Gasteiger partial charge in [0.05, 0.1) is 4.90 Å². The molecule has 0 amide bonds. The fraction of sp³-hybridized carbons (Fsp3) is 0.545. The number of aromatic nitrogens is 1. The first-order chi connectivity index (χ1) is 14.4. The van der Waals surface area contributed by atoms with Crippen LogP contribution in [-0.2, 0) is 10.0 Å². The molecule has 2 aromatic rings. The molecule has 4 rings (SSSR count). The largest absolute Gasteiger partial charge is 0.419 e. The van der Waals surface area contributed by atoms with Crippen LogP contribution in [-0.4, -0.2) is 43.9 Å². The zero-order valence-electron chi connectivity index (χ0n) is 17.5. The summed E-state index contributed by atoms with van der Waals surface area (Å²) in [6, 6.07) is 8.74. The first-order valence-corrected chi connectivity index (χ1v) is 12.1. The number of nitriles is 1. The summed E-state index contributed by atoms with van der Waals surface area (Å²) < 4.78 is 33.2. The molecule has 8 heteroatoms. The molecule has 3 heterocycles. The standard InChI is InChI=1S/C22H28N4O3S/c1-16-12-17(2)15-25(14-16)22-20(13-23)24-21(29-22)18-6-8-19(9-7-18)30(27,28)26-10-4-3-5-11-26/h6-9,16-17H,3-5,10-12,14-15H2,1-2H3/t16-,17+. The summed E-state index contributed by atoms with van der Waals surface area (Å²) in [5.74, 6) is 1.89. The molecular weight excluding hydrogens is 400 g/mol. The van der Waals surface area contributed by atoms with Crippen molar-refractivity contribution in [1.29, 1.82) is 5.26 Å². The SMILES string of the molecule is C[C@@H]1C[C@H](C)CN(c2oc(-c3ccc(S(=O)(=O)N4CCCCC4)cc3)nc2C#N)C1. The van der Waals surface area contributed by atoms with Gasteiger partial charge in [-0.05, 0) is 55.4 Å². The summed E-state index contributed by atoms with van der Waals surface area (Å²) >= 11 is 0. The molecule has 30 heavy (non-hydrogen) atoms. The number of benzene rings is 1. The van der Waals surface area contributed by atoms with Crippen molar-refractivity contribution >= 4 is 15.9 Å². The number of rotatable bonds is 4. The lowest BCUT2D eigenvalue weighted by atomic mass is 9.92. The van der Waals surface area contributed by atoms with Gasteiger partial charge in [-0.15, -0.1) is 0 Å². The smallest absolute Gasteiger partial charge is 0.243 e. The Bertz CT molecular complexity index is 1020. The maximum atomic E-state index is 12.8. The van der Waals surface area contributed by atoms with Gasteiger partial charge < -0.3 is 9.32 Å². The van der Waals surface area contributed by atoms with Crippen molar-refractivity contribution < 1.29 is 12.8 Å². The predicted molar refractivity (Wildman–Crippen MR) is 114 cm³/mol. The van der Waals surface area contributed by atoms with E-state index in [0.717, 1.165) is 38.8 Å². The van der Waals surface area contributed by atoms with Crippen molar-refractivity contribution in [3.63, 3.8) is 0 Å². The van der Waals surface area contributed by atoms with E-state index >= 15 is 0 Å². The number of anilines is 1. The first-order valence-electron chi connectivity index (χ1n) is 10.6. The summed E-state index contributed by atoms with van der Waals surface area (Å²) in [5.41, 5.74) is 0.935. The quantitative estimate of drug-likeness (QED) is 0.734. The monoisotopic (exact) mass is 428 g/mol. The highest BCUT2D eigenvalue weighted by molar-refractivity contribution is 7.89. The maximum absolute atomic E-state index is 12.8. The Balaban J connectivity index is 1.59. The Labute approximate surface area is 178 Å². The van der Waals surface area contributed by atoms with Crippen LogP contribution in [0.4, 0.5) is 5.88 Å². The highest BCUT2D eigenvalue weighted by atomic mass is 32.2. The van der Waals surface area contributed by atoms with E-state index in [-0.39, 0.29) is 10.6 Å². The third-order valence-corrected chi connectivity index (χ3v) is 7.84. The van der Waals surface area contributed by atoms with E-state index in [2.05, 4.69) is 29.8 Å². The molecule has 2 atom stereocenters. The molecular formula is C22H28N4O3S. The average Bonchev–Trinajstić information content (AvgIpc) is 3.18. The van der Waals surface area contributed by atoms with E-state index in [1.54, 1.807) is 28.6 Å². The molecule has 160 valence electrons. The Morgan fingerprint density at radius 3 is 2.30 bits per heavy atom. The van der Waals surface area contributed by atoms with Crippen LogP contribution in [0.15, 0.2) is 33.6 Å². The fourth-order valence-electron chi connectivity index (χ4n) is 4.58. The van der Waals surface area contributed by atoms with Crippen LogP contribution in [0.2, 0.25) is 0 Å². The highest BCUT2D eigenvalue weighted by Gasteiger charge is 2.29. The van der Waals surface area contributed by atoms with Gasteiger partial charge in [-0.2, -0.15) is 14.6 Å². The number of oxazole rings is 1. The molecule has 0 N–H and O–H groups in total. The summed E-state index contributed by atoms with van der Waals surface area (Å²) in [6.45, 7) is 7.22. The third kappa shape index (κ3) is 4.09. The average molecular weight is 429 g/mol. The van der Waals surface area contributed by atoms with Crippen molar-refractivity contribution in [3.8, 4) is 17.5 Å². The molecule has 2 fully saturated rings. The van der Waals surface area contributed by atoms with Gasteiger partial charge in [0.15, 0.2) is 0 Å². The molecule has 2 aliphatic rings. The third-order valence-electron chi connectivity index (χ3n) is 5.93. The Hall–Kier alpha value is -2.37. The van der Waals surface area contributed by atoms with Crippen molar-refractivity contribution in [1.82, 2.24) is 9.29 Å². The second-order valence-corrected chi connectivity index (χ2v) is 10.6. The van der Waals surface area contributed by atoms with Gasteiger partial charge in [0.2, 0.25) is 27.5 Å². The summed E-state index contributed by atoms with van der Waals surface area (Å²) in [4.78, 5) is 6.75. The minimum Gasteiger partial charge on any atom is -0.419 e. The molecule has 0 aliphatic carbocycles. The summed E-state index contributed by atoms with van der Waals surface area (Å²) in [5, 5.41) is 9.55. The second-order valence-electron chi connectivity index (χ2n) is 8.62. The van der Waals surface area contributed by atoms with Crippen LogP contribution in [0.5, 0.6) is 0 Å². The zero-order valence-corrected chi connectivity index (χ0v) is 18.4. The van der Waals surface area contributed by atoms with E-state index in [1.807, 2.05) is 0 Å². The molecule has 1 aromatic heterocycles. The van der Waals surface area contributed by atoms with Crippen molar-refractivity contribution in [2.75, 3.05) is 31.1 Å². The fourth-order valence-corrected chi connectivity index (χ4v) is 6.09. The number of hydrogen-bond donors (Lipinski definition) is 0.